The van der Waals surface area contributed by atoms with Crippen LogP contribution in [-0.4, -0.2) is 25.2 Å². The van der Waals surface area contributed by atoms with Gasteiger partial charge in [0.1, 0.15) is 5.75 Å². The molecule has 1 aliphatic carbocycles. The number of benzene rings is 1. The van der Waals surface area contributed by atoms with Crippen LogP contribution in [0.1, 0.15) is 32.8 Å². The lowest BCUT2D eigenvalue weighted by atomic mass is 10.2. The molecule has 1 saturated carbocycles. The van der Waals surface area contributed by atoms with E-state index in [2.05, 4.69) is 34.7 Å². The molecule has 1 aliphatic rings. The van der Waals surface area contributed by atoms with Gasteiger partial charge in [-0.2, -0.15) is 0 Å². The largest absolute Gasteiger partial charge is 0.491 e. The number of ether oxygens (including phenoxy) is 1. The average Bonchev–Trinajstić information content (AvgIpc) is 3.11. The summed E-state index contributed by atoms with van der Waals surface area (Å²) >= 11 is 0. The molecule has 1 fully saturated rings. The second-order valence-electron chi connectivity index (χ2n) is 5.70. The molecule has 110 valence electrons. The van der Waals surface area contributed by atoms with Gasteiger partial charge >= 0.3 is 0 Å². The summed E-state index contributed by atoms with van der Waals surface area (Å²) in [5.41, 5.74) is 1.22. The van der Waals surface area contributed by atoms with Gasteiger partial charge in [0, 0.05) is 19.6 Å². The summed E-state index contributed by atoms with van der Waals surface area (Å²) in [4.78, 5) is 4.24. The van der Waals surface area contributed by atoms with Crippen molar-refractivity contribution in [2.75, 3.05) is 7.05 Å². The maximum atomic E-state index is 5.63. The molecule has 0 saturated heterocycles. The molecule has 4 nitrogen and oxygen atoms in total. The second kappa shape index (κ2) is 6.64. The lowest BCUT2D eigenvalue weighted by molar-refractivity contribution is 0.242. The van der Waals surface area contributed by atoms with Gasteiger partial charge in [-0.25, -0.2) is 0 Å². The van der Waals surface area contributed by atoms with Gasteiger partial charge in [0.25, 0.3) is 0 Å². The summed E-state index contributed by atoms with van der Waals surface area (Å²) in [6.45, 7) is 7.08. The highest BCUT2D eigenvalue weighted by Gasteiger charge is 2.33. The van der Waals surface area contributed by atoms with Crippen LogP contribution < -0.4 is 15.4 Å². The molecule has 0 aromatic heterocycles. The molecule has 1 aromatic carbocycles. The van der Waals surface area contributed by atoms with Gasteiger partial charge in [-0.1, -0.05) is 19.1 Å². The Morgan fingerprint density at radius 1 is 1.35 bits per heavy atom. The summed E-state index contributed by atoms with van der Waals surface area (Å²) in [6, 6.07) is 8.77. The third kappa shape index (κ3) is 4.44. The number of rotatable bonds is 5. The molecule has 2 unspecified atom stereocenters. The minimum absolute atomic E-state index is 0.211. The lowest BCUT2D eigenvalue weighted by Gasteiger charge is -2.13. The van der Waals surface area contributed by atoms with E-state index in [9.17, 15) is 0 Å². The van der Waals surface area contributed by atoms with Gasteiger partial charge in [0.2, 0.25) is 0 Å². The summed E-state index contributed by atoms with van der Waals surface area (Å²) in [6.07, 6.45) is 1.45. The van der Waals surface area contributed by atoms with Crippen molar-refractivity contribution < 1.29 is 4.74 Å². The zero-order valence-electron chi connectivity index (χ0n) is 12.8. The van der Waals surface area contributed by atoms with Crippen LogP contribution >= 0.6 is 0 Å². The fraction of sp³-hybridized carbons (Fsp3) is 0.562. The maximum Gasteiger partial charge on any atom is 0.191 e. The molecule has 0 aliphatic heterocycles. The first-order chi connectivity index (χ1) is 9.58. The van der Waals surface area contributed by atoms with E-state index in [4.69, 9.17) is 4.74 Å². The first kappa shape index (κ1) is 14.7. The lowest BCUT2D eigenvalue weighted by Crippen LogP contribution is -2.38. The quantitative estimate of drug-likeness (QED) is 0.641. The van der Waals surface area contributed by atoms with Gasteiger partial charge in [-0.15, -0.1) is 0 Å². The normalized spacial score (nSPS) is 21.8. The van der Waals surface area contributed by atoms with E-state index in [-0.39, 0.29) is 6.10 Å². The van der Waals surface area contributed by atoms with Crippen LogP contribution in [0.2, 0.25) is 0 Å². The van der Waals surface area contributed by atoms with Gasteiger partial charge < -0.3 is 15.4 Å². The van der Waals surface area contributed by atoms with E-state index in [1.165, 1.54) is 12.0 Å². The predicted molar refractivity (Wildman–Crippen MR) is 83.1 cm³/mol. The van der Waals surface area contributed by atoms with Crippen molar-refractivity contribution in [2.24, 2.45) is 10.9 Å². The third-order valence-electron chi connectivity index (χ3n) is 3.41. The molecule has 2 N–H and O–H groups in total. The molecule has 2 atom stereocenters. The molecule has 0 radical (unpaired) electrons. The van der Waals surface area contributed by atoms with Crippen LogP contribution in [-0.2, 0) is 6.54 Å². The number of guanidine groups is 1. The number of nitrogens with one attached hydrogen (secondary N) is 2. The molecule has 0 heterocycles. The summed E-state index contributed by atoms with van der Waals surface area (Å²) in [5, 5.41) is 6.75. The Balaban J connectivity index is 1.80. The zero-order valence-corrected chi connectivity index (χ0v) is 12.8. The van der Waals surface area contributed by atoms with Gasteiger partial charge in [0.15, 0.2) is 5.96 Å². The van der Waals surface area contributed by atoms with E-state index in [1.807, 2.05) is 33.0 Å². The predicted octanol–water partition coefficient (Wildman–Crippen LogP) is 2.55. The molecule has 4 heteroatoms. The first-order valence-corrected chi connectivity index (χ1v) is 7.31. The van der Waals surface area contributed by atoms with Gasteiger partial charge in [-0.05, 0) is 43.9 Å². The summed E-state index contributed by atoms with van der Waals surface area (Å²) in [7, 11) is 1.81. The van der Waals surface area contributed by atoms with Crippen molar-refractivity contribution >= 4 is 5.96 Å². The Kier molecular flexibility index (Phi) is 4.88. The van der Waals surface area contributed by atoms with Crippen LogP contribution in [0.5, 0.6) is 5.75 Å². The van der Waals surface area contributed by atoms with Crippen molar-refractivity contribution in [3.05, 3.63) is 29.8 Å². The standard InChI is InChI=1S/C16H25N3O/c1-11(2)20-14-7-5-13(6-8-14)10-18-16(17-4)19-15-9-12(15)3/h5-8,11-12,15H,9-10H2,1-4H3,(H2,17,18,19). The second-order valence-corrected chi connectivity index (χ2v) is 5.70. The Labute approximate surface area is 121 Å². The van der Waals surface area contributed by atoms with Crippen LogP contribution in [0.15, 0.2) is 29.3 Å². The van der Waals surface area contributed by atoms with E-state index >= 15 is 0 Å². The fourth-order valence-corrected chi connectivity index (χ4v) is 2.04. The third-order valence-corrected chi connectivity index (χ3v) is 3.41. The Morgan fingerprint density at radius 3 is 2.50 bits per heavy atom. The van der Waals surface area contributed by atoms with E-state index < -0.39 is 0 Å². The maximum absolute atomic E-state index is 5.63. The fourth-order valence-electron chi connectivity index (χ4n) is 2.04. The Morgan fingerprint density at radius 2 is 2.00 bits per heavy atom. The highest BCUT2D eigenvalue weighted by atomic mass is 16.5. The van der Waals surface area contributed by atoms with Crippen molar-refractivity contribution in [3.63, 3.8) is 0 Å². The monoisotopic (exact) mass is 275 g/mol. The number of nitrogens with zero attached hydrogens (tertiary/aromatic N) is 1. The van der Waals surface area contributed by atoms with Crippen molar-refractivity contribution in [1.82, 2.24) is 10.6 Å². The smallest absolute Gasteiger partial charge is 0.191 e. The number of aliphatic imine (C=N–C) groups is 1. The topological polar surface area (TPSA) is 45.7 Å². The minimum Gasteiger partial charge on any atom is -0.491 e. The molecular formula is C16H25N3O. The van der Waals surface area contributed by atoms with Gasteiger partial charge in [-0.3, -0.25) is 4.99 Å². The molecule has 1 aromatic rings. The number of hydrogen-bond acceptors (Lipinski definition) is 2. The molecule has 2 rings (SSSR count). The van der Waals surface area contributed by atoms with Crippen LogP contribution in [0.4, 0.5) is 0 Å². The van der Waals surface area contributed by atoms with E-state index in [1.54, 1.807) is 0 Å². The first-order valence-electron chi connectivity index (χ1n) is 7.31. The van der Waals surface area contributed by atoms with Crippen LogP contribution in [0.3, 0.4) is 0 Å². The summed E-state index contributed by atoms with van der Waals surface area (Å²) in [5.74, 6) is 2.56. The Bertz CT molecular complexity index is 453. The highest BCUT2D eigenvalue weighted by molar-refractivity contribution is 5.80. The molecule has 0 amide bonds. The highest BCUT2D eigenvalue weighted by Crippen LogP contribution is 2.28. The van der Waals surface area contributed by atoms with Crippen LogP contribution in [0.25, 0.3) is 0 Å². The SMILES string of the molecule is CN=C(NCc1ccc(OC(C)C)cc1)NC1CC1C. The van der Waals surface area contributed by atoms with E-state index in [0.29, 0.717) is 6.04 Å². The van der Waals surface area contributed by atoms with E-state index in [0.717, 1.165) is 24.2 Å². The number of hydrogen-bond donors (Lipinski definition) is 2. The molecule has 0 spiro atoms. The molecular weight excluding hydrogens is 250 g/mol. The zero-order chi connectivity index (χ0) is 14.5. The minimum atomic E-state index is 0.211. The average molecular weight is 275 g/mol. The van der Waals surface area contributed by atoms with Crippen LogP contribution in [0, 0.1) is 5.92 Å². The Hall–Kier alpha value is -1.71. The molecule has 0 bridgehead atoms. The van der Waals surface area contributed by atoms with Gasteiger partial charge in [0.05, 0.1) is 6.10 Å². The summed E-state index contributed by atoms with van der Waals surface area (Å²) < 4.78 is 5.63. The molecule has 20 heavy (non-hydrogen) atoms. The van der Waals surface area contributed by atoms with Crippen molar-refractivity contribution in [1.29, 1.82) is 0 Å². The van der Waals surface area contributed by atoms with Crippen molar-refractivity contribution in [3.8, 4) is 5.75 Å². The van der Waals surface area contributed by atoms with Crippen molar-refractivity contribution in [2.45, 2.75) is 45.9 Å².